The number of carbonyl (C=O) groups excluding carboxylic acids is 1. The fraction of sp³-hybridized carbons (Fsp3) is 0.231. The van der Waals surface area contributed by atoms with Crippen molar-refractivity contribution < 1.29 is 4.79 Å². The highest BCUT2D eigenvalue weighted by atomic mass is 16.1. The van der Waals surface area contributed by atoms with Crippen molar-refractivity contribution in [1.82, 2.24) is 14.9 Å². The molecule has 0 saturated heterocycles. The zero-order chi connectivity index (χ0) is 20.6. The third kappa shape index (κ3) is 5.15. The lowest BCUT2D eigenvalue weighted by atomic mass is 10.1. The van der Waals surface area contributed by atoms with Crippen molar-refractivity contribution in [2.45, 2.75) is 38.8 Å². The number of nitrogens with one attached hydrogen (secondary N) is 1. The number of nitrogens with zero attached hydrogens (tertiary/aromatic N) is 2. The van der Waals surface area contributed by atoms with Crippen LogP contribution in [0.15, 0.2) is 84.9 Å². The molecule has 4 nitrogen and oxygen atoms in total. The molecule has 1 N–H and O–H groups in total. The first-order valence-corrected chi connectivity index (χ1v) is 10.6. The SMILES string of the molecule is O=C(CCc1ccccc1)NCc1nc2ccccc2n1CCCc1ccccc1. The Morgan fingerprint density at radius 2 is 1.43 bits per heavy atom. The van der Waals surface area contributed by atoms with Crippen molar-refractivity contribution in [1.29, 1.82) is 0 Å². The number of para-hydroxylation sites is 2. The maximum Gasteiger partial charge on any atom is 0.220 e. The lowest BCUT2D eigenvalue weighted by molar-refractivity contribution is -0.121. The predicted molar refractivity (Wildman–Crippen MR) is 121 cm³/mol. The molecular formula is C26H27N3O. The summed E-state index contributed by atoms with van der Waals surface area (Å²) in [5.41, 5.74) is 4.63. The Hall–Kier alpha value is -3.40. The van der Waals surface area contributed by atoms with Gasteiger partial charge in [0.15, 0.2) is 0 Å². The van der Waals surface area contributed by atoms with Crippen LogP contribution in [0.1, 0.15) is 29.8 Å². The highest BCUT2D eigenvalue weighted by Crippen LogP contribution is 2.17. The first-order valence-electron chi connectivity index (χ1n) is 10.6. The van der Waals surface area contributed by atoms with Crippen LogP contribution in [0.3, 0.4) is 0 Å². The van der Waals surface area contributed by atoms with Gasteiger partial charge in [-0.25, -0.2) is 4.98 Å². The van der Waals surface area contributed by atoms with Crippen LogP contribution in [-0.2, 0) is 30.7 Å². The van der Waals surface area contributed by atoms with Gasteiger partial charge in [-0.2, -0.15) is 0 Å². The van der Waals surface area contributed by atoms with Crippen molar-refractivity contribution in [3.8, 4) is 0 Å². The average molecular weight is 398 g/mol. The van der Waals surface area contributed by atoms with Gasteiger partial charge in [0.05, 0.1) is 17.6 Å². The highest BCUT2D eigenvalue weighted by molar-refractivity contribution is 5.77. The monoisotopic (exact) mass is 397 g/mol. The fourth-order valence-electron chi connectivity index (χ4n) is 3.76. The molecular weight excluding hydrogens is 370 g/mol. The quantitative estimate of drug-likeness (QED) is 0.436. The third-order valence-corrected chi connectivity index (χ3v) is 5.35. The van der Waals surface area contributed by atoms with E-state index in [0.717, 1.165) is 42.7 Å². The molecule has 0 unspecified atom stereocenters. The molecule has 0 saturated carbocycles. The highest BCUT2D eigenvalue weighted by Gasteiger charge is 2.11. The van der Waals surface area contributed by atoms with E-state index < -0.39 is 0 Å². The number of imidazole rings is 1. The van der Waals surface area contributed by atoms with Gasteiger partial charge in [0.1, 0.15) is 5.82 Å². The third-order valence-electron chi connectivity index (χ3n) is 5.35. The number of carbonyl (C=O) groups is 1. The molecule has 0 aliphatic carbocycles. The topological polar surface area (TPSA) is 46.9 Å². The Balaban J connectivity index is 1.38. The van der Waals surface area contributed by atoms with Crippen LogP contribution in [0, 0.1) is 0 Å². The Labute approximate surface area is 177 Å². The van der Waals surface area contributed by atoms with Crippen molar-refractivity contribution in [2.75, 3.05) is 0 Å². The van der Waals surface area contributed by atoms with Gasteiger partial charge >= 0.3 is 0 Å². The summed E-state index contributed by atoms with van der Waals surface area (Å²) < 4.78 is 2.25. The van der Waals surface area contributed by atoms with E-state index in [9.17, 15) is 4.79 Å². The summed E-state index contributed by atoms with van der Waals surface area (Å²) in [4.78, 5) is 17.1. The number of fused-ring (bicyclic) bond motifs is 1. The van der Waals surface area contributed by atoms with Gasteiger partial charge < -0.3 is 9.88 Å². The molecule has 0 bridgehead atoms. The van der Waals surface area contributed by atoms with E-state index in [0.29, 0.717) is 13.0 Å². The standard InChI is InChI=1S/C26H27N3O/c30-26(18-17-22-12-5-2-6-13-22)27-20-25-28-23-15-7-8-16-24(23)29(25)19-9-14-21-10-3-1-4-11-21/h1-8,10-13,15-16H,9,14,17-20H2,(H,27,30). The lowest BCUT2D eigenvalue weighted by Crippen LogP contribution is -2.25. The smallest absolute Gasteiger partial charge is 0.220 e. The number of hydrogen-bond donors (Lipinski definition) is 1. The van der Waals surface area contributed by atoms with Crippen LogP contribution in [-0.4, -0.2) is 15.5 Å². The predicted octanol–water partition coefficient (Wildman–Crippen LogP) is 4.92. The van der Waals surface area contributed by atoms with E-state index >= 15 is 0 Å². The van der Waals surface area contributed by atoms with E-state index in [2.05, 4.69) is 52.3 Å². The second-order valence-electron chi connectivity index (χ2n) is 7.52. The van der Waals surface area contributed by atoms with Crippen LogP contribution < -0.4 is 5.32 Å². The van der Waals surface area contributed by atoms with Gasteiger partial charge in [0.25, 0.3) is 0 Å². The Kier molecular flexibility index (Phi) is 6.55. The largest absolute Gasteiger partial charge is 0.349 e. The molecule has 1 aromatic heterocycles. The van der Waals surface area contributed by atoms with Gasteiger partial charge in [-0.1, -0.05) is 72.8 Å². The lowest BCUT2D eigenvalue weighted by Gasteiger charge is -2.10. The van der Waals surface area contributed by atoms with Crippen LogP contribution in [0.25, 0.3) is 11.0 Å². The molecule has 0 aliphatic rings. The molecule has 4 rings (SSSR count). The number of rotatable bonds is 9. The average Bonchev–Trinajstić information content (AvgIpc) is 3.15. The minimum absolute atomic E-state index is 0.0572. The summed E-state index contributed by atoms with van der Waals surface area (Å²) in [7, 11) is 0. The van der Waals surface area contributed by atoms with Gasteiger partial charge in [-0.15, -0.1) is 0 Å². The molecule has 30 heavy (non-hydrogen) atoms. The summed E-state index contributed by atoms with van der Waals surface area (Å²) in [5, 5.41) is 3.06. The number of aromatic nitrogens is 2. The Bertz CT molecular complexity index is 1090. The van der Waals surface area contributed by atoms with Crippen molar-refractivity contribution in [3.05, 3.63) is 102 Å². The number of benzene rings is 3. The van der Waals surface area contributed by atoms with Crippen molar-refractivity contribution in [2.24, 2.45) is 0 Å². The van der Waals surface area contributed by atoms with Crippen LogP contribution in [0.4, 0.5) is 0 Å². The first kappa shape index (κ1) is 19.9. The van der Waals surface area contributed by atoms with Gasteiger partial charge in [0.2, 0.25) is 5.91 Å². The fourth-order valence-corrected chi connectivity index (χ4v) is 3.76. The van der Waals surface area contributed by atoms with Crippen LogP contribution in [0.5, 0.6) is 0 Å². The number of hydrogen-bond acceptors (Lipinski definition) is 2. The van der Waals surface area contributed by atoms with E-state index in [1.165, 1.54) is 11.1 Å². The second kappa shape index (κ2) is 9.88. The van der Waals surface area contributed by atoms with E-state index in [4.69, 9.17) is 4.98 Å². The summed E-state index contributed by atoms with van der Waals surface area (Å²) in [5.74, 6) is 0.971. The maximum absolute atomic E-state index is 12.4. The van der Waals surface area contributed by atoms with Gasteiger partial charge in [-0.05, 0) is 42.5 Å². The molecule has 0 atom stereocenters. The summed E-state index contributed by atoms with van der Waals surface area (Å²) >= 11 is 0. The molecule has 1 amide bonds. The van der Waals surface area contributed by atoms with Gasteiger partial charge in [-0.3, -0.25) is 4.79 Å². The Morgan fingerprint density at radius 1 is 0.800 bits per heavy atom. The normalized spacial score (nSPS) is 10.9. The summed E-state index contributed by atoms with van der Waals surface area (Å²) in [6.45, 7) is 1.33. The second-order valence-corrected chi connectivity index (χ2v) is 7.52. The van der Waals surface area contributed by atoms with Crippen molar-refractivity contribution >= 4 is 16.9 Å². The van der Waals surface area contributed by atoms with E-state index in [1.807, 2.05) is 42.5 Å². The van der Waals surface area contributed by atoms with E-state index in [1.54, 1.807) is 0 Å². The Morgan fingerprint density at radius 3 is 2.17 bits per heavy atom. The molecule has 4 heteroatoms. The molecule has 0 radical (unpaired) electrons. The van der Waals surface area contributed by atoms with Crippen LogP contribution in [0.2, 0.25) is 0 Å². The minimum Gasteiger partial charge on any atom is -0.349 e. The first-order chi connectivity index (χ1) is 14.8. The van der Waals surface area contributed by atoms with Crippen LogP contribution >= 0.6 is 0 Å². The molecule has 0 aliphatic heterocycles. The molecule has 3 aromatic carbocycles. The molecule has 0 fully saturated rings. The van der Waals surface area contributed by atoms with Crippen molar-refractivity contribution in [3.63, 3.8) is 0 Å². The molecule has 0 spiro atoms. The zero-order valence-corrected chi connectivity index (χ0v) is 17.1. The zero-order valence-electron chi connectivity index (χ0n) is 17.1. The molecule has 4 aromatic rings. The number of amides is 1. The molecule has 152 valence electrons. The maximum atomic E-state index is 12.4. The summed E-state index contributed by atoms with van der Waals surface area (Å²) in [6.07, 6.45) is 3.29. The molecule has 1 heterocycles. The van der Waals surface area contributed by atoms with E-state index in [-0.39, 0.29) is 5.91 Å². The minimum atomic E-state index is 0.0572. The number of aryl methyl sites for hydroxylation is 3. The van der Waals surface area contributed by atoms with Gasteiger partial charge in [0, 0.05) is 13.0 Å². The summed E-state index contributed by atoms with van der Waals surface area (Å²) in [6, 6.07) is 28.8.